The van der Waals surface area contributed by atoms with Crippen LogP contribution in [0.25, 0.3) is 0 Å². The molecule has 0 aromatic heterocycles. The molecule has 18 heavy (non-hydrogen) atoms. The molecule has 0 saturated carbocycles. The van der Waals surface area contributed by atoms with Crippen LogP contribution in [0.1, 0.15) is 6.92 Å². The van der Waals surface area contributed by atoms with Crippen molar-refractivity contribution in [2.24, 2.45) is 0 Å². The summed E-state index contributed by atoms with van der Waals surface area (Å²) in [5, 5.41) is 0. The van der Waals surface area contributed by atoms with Crippen molar-refractivity contribution in [2.75, 3.05) is 13.7 Å². The van der Waals surface area contributed by atoms with Crippen LogP contribution in [0.3, 0.4) is 0 Å². The highest BCUT2D eigenvalue weighted by Gasteiger charge is 2.06. The first-order valence-corrected chi connectivity index (χ1v) is 5.87. The minimum Gasteiger partial charge on any atom is -0.493 e. The molecule has 0 N–H and O–H groups in total. The second-order valence-corrected chi connectivity index (χ2v) is 3.66. The van der Waals surface area contributed by atoms with Crippen molar-refractivity contribution in [1.29, 1.82) is 0 Å². The van der Waals surface area contributed by atoms with Gasteiger partial charge >= 0.3 is 0 Å². The van der Waals surface area contributed by atoms with Crippen molar-refractivity contribution < 1.29 is 14.2 Å². The lowest BCUT2D eigenvalue weighted by molar-refractivity contribution is 0.309. The Balaban J connectivity index is 2.19. The average molecular weight is 244 g/mol. The lowest BCUT2D eigenvalue weighted by Gasteiger charge is -2.11. The summed E-state index contributed by atoms with van der Waals surface area (Å²) in [6, 6.07) is 15.2. The van der Waals surface area contributed by atoms with Gasteiger partial charge in [-0.3, -0.25) is 0 Å². The molecule has 94 valence electrons. The molecule has 2 aromatic carbocycles. The number of benzene rings is 2. The van der Waals surface area contributed by atoms with E-state index in [0.717, 1.165) is 17.2 Å². The van der Waals surface area contributed by atoms with Gasteiger partial charge < -0.3 is 14.2 Å². The van der Waals surface area contributed by atoms with Gasteiger partial charge in [0.1, 0.15) is 11.5 Å². The van der Waals surface area contributed by atoms with Crippen molar-refractivity contribution in [3.05, 3.63) is 48.5 Å². The lowest BCUT2D eigenvalue weighted by Crippen LogP contribution is -1.95. The van der Waals surface area contributed by atoms with Gasteiger partial charge in [0.05, 0.1) is 13.7 Å². The third-order valence-corrected chi connectivity index (χ3v) is 2.41. The Morgan fingerprint density at radius 3 is 2.33 bits per heavy atom. The smallest absolute Gasteiger partial charge is 0.164 e. The Morgan fingerprint density at radius 2 is 1.67 bits per heavy atom. The minimum absolute atomic E-state index is 0.606. The molecule has 0 aliphatic heterocycles. The molecule has 2 rings (SSSR count). The highest BCUT2D eigenvalue weighted by atomic mass is 16.5. The van der Waals surface area contributed by atoms with E-state index >= 15 is 0 Å². The van der Waals surface area contributed by atoms with Crippen LogP contribution in [-0.2, 0) is 0 Å². The molecule has 0 bridgehead atoms. The molecule has 0 radical (unpaired) electrons. The average Bonchev–Trinajstić information content (AvgIpc) is 2.42. The fourth-order valence-corrected chi connectivity index (χ4v) is 1.61. The predicted octanol–water partition coefficient (Wildman–Crippen LogP) is 3.89. The second kappa shape index (κ2) is 5.96. The Labute approximate surface area is 107 Å². The maximum absolute atomic E-state index is 5.72. The Morgan fingerprint density at radius 1 is 0.889 bits per heavy atom. The van der Waals surface area contributed by atoms with Crippen LogP contribution in [0.4, 0.5) is 0 Å². The van der Waals surface area contributed by atoms with Crippen molar-refractivity contribution in [3.8, 4) is 23.0 Å². The largest absolute Gasteiger partial charge is 0.493 e. The van der Waals surface area contributed by atoms with Crippen LogP contribution in [0.15, 0.2) is 48.5 Å². The van der Waals surface area contributed by atoms with Gasteiger partial charge in [-0.25, -0.2) is 0 Å². The van der Waals surface area contributed by atoms with Gasteiger partial charge in [0.2, 0.25) is 0 Å². The van der Waals surface area contributed by atoms with Crippen LogP contribution < -0.4 is 14.2 Å². The molecule has 0 heterocycles. The molecular formula is C15H16O3. The van der Waals surface area contributed by atoms with E-state index in [-0.39, 0.29) is 0 Å². The molecule has 0 aliphatic rings. The summed E-state index contributed by atoms with van der Waals surface area (Å²) < 4.78 is 16.4. The highest BCUT2D eigenvalue weighted by Crippen LogP contribution is 2.33. The molecule has 3 nitrogen and oxygen atoms in total. The summed E-state index contributed by atoms with van der Waals surface area (Å²) >= 11 is 0. The number of ether oxygens (including phenoxy) is 3. The van der Waals surface area contributed by atoms with E-state index in [1.54, 1.807) is 7.11 Å². The van der Waals surface area contributed by atoms with E-state index in [0.29, 0.717) is 12.4 Å². The predicted molar refractivity (Wildman–Crippen MR) is 70.7 cm³/mol. The molecule has 0 saturated heterocycles. The fraction of sp³-hybridized carbons (Fsp3) is 0.200. The van der Waals surface area contributed by atoms with Crippen molar-refractivity contribution in [1.82, 2.24) is 0 Å². The Hall–Kier alpha value is -2.16. The molecular weight excluding hydrogens is 228 g/mol. The zero-order chi connectivity index (χ0) is 12.8. The number of rotatable bonds is 5. The highest BCUT2D eigenvalue weighted by molar-refractivity contribution is 5.46. The number of methoxy groups -OCH3 is 1. The first kappa shape index (κ1) is 12.3. The monoisotopic (exact) mass is 244 g/mol. The second-order valence-electron chi connectivity index (χ2n) is 3.66. The van der Waals surface area contributed by atoms with E-state index in [9.17, 15) is 0 Å². The van der Waals surface area contributed by atoms with E-state index in [2.05, 4.69) is 0 Å². The number of para-hydroxylation sites is 1. The van der Waals surface area contributed by atoms with Gasteiger partial charge in [0.15, 0.2) is 11.5 Å². The van der Waals surface area contributed by atoms with Crippen LogP contribution in [-0.4, -0.2) is 13.7 Å². The van der Waals surface area contributed by atoms with Crippen molar-refractivity contribution >= 4 is 0 Å². The molecule has 0 spiro atoms. The van der Waals surface area contributed by atoms with Crippen LogP contribution in [0.2, 0.25) is 0 Å². The zero-order valence-electron chi connectivity index (χ0n) is 10.6. The third kappa shape index (κ3) is 2.94. The Bertz CT molecular complexity index is 494. The maximum atomic E-state index is 5.72. The lowest BCUT2D eigenvalue weighted by atomic mass is 10.3. The number of hydrogen-bond donors (Lipinski definition) is 0. The van der Waals surface area contributed by atoms with Crippen LogP contribution in [0.5, 0.6) is 23.0 Å². The van der Waals surface area contributed by atoms with Gasteiger partial charge in [0, 0.05) is 6.07 Å². The van der Waals surface area contributed by atoms with Gasteiger partial charge in [0.25, 0.3) is 0 Å². The SMILES string of the molecule is CCOc1ccc(Oc2ccccc2)cc1OC. The molecule has 0 atom stereocenters. The molecule has 0 amide bonds. The first-order valence-electron chi connectivity index (χ1n) is 5.87. The maximum Gasteiger partial charge on any atom is 0.164 e. The fourth-order valence-electron chi connectivity index (χ4n) is 1.61. The molecule has 0 aliphatic carbocycles. The number of hydrogen-bond acceptors (Lipinski definition) is 3. The standard InChI is InChI=1S/C15H16O3/c1-3-17-14-10-9-13(11-15(14)16-2)18-12-7-5-4-6-8-12/h4-11H,3H2,1-2H3. The minimum atomic E-state index is 0.606. The van der Waals surface area contributed by atoms with Crippen molar-refractivity contribution in [2.45, 2.75) is 6.92 Å². The Kier molecular flexibility index (Phi) is 4.07. The van der Waals surface area contributed by atoms with E-state index in [1.165, 1.54) is 0 Å². The normalized spacial score (nSPS) is 9.89. The third-order valence-electron chi connectivity index (χ3n) is 2.41. The molecule has 0 unspecified atom stereocenters. The molecule has 2 aromatic rings. The summed E-state index contributed by atoms with van der Waals surface area (Å²) in [5.41, 5.74) is 0. The van der Waals surface area contributed by atoms with Gasteiger partial charge in [-0.2, -0.15) is 0 Å². The molecule has 3 heteroatoms. The van der Waals surface area contributed by atoms with Gasteiger partial charge in [-0.05, 0) is 31.2 Å². The zero-order valence-corrected chi connectivity index (χ0v) is 10.6. The summed E-state index contributed by atoms with van der Waals surface area (Å²) in [6.45, 7) is 2.54. The summed E-state index contributed by atoms with van der Waals surface area (Å²) in [5.74, 6) is 2.91. The molecule has 0 fully saturated rings. The van der Waals surface area contributed by atoms with E-state index in [4.69, 9.17) is 14.2 Å². The summed E-state index contributed by atoms with van der Waals surface area (Å²) in [4.78, 5) is 0. The van der Waals surface area contributed by atoms with Crippen LogP contribution >= 0.6 is 0 Å². The van der Waals surface area contributed by atoms with E-state index < -0.39 is 0 Å². The summed E-state index contributed by atoms with van der Waals surface area (Å²) in [7, 11) is 1.62. The van der Waals surface area contributed by atoms with Gasteiger partial charge in [-0.1, -0.05) is 18.2 Å². The summed E-state index contributed by atoms with van der Waals surface area (Å²) in [6.07, 6.45) is 0. The topological polar surface area (TPSA) is 27.7 Å². The van der Waals surface area contributed by atoms with Crippen molar-refractivity contribution in [3.63, 3.8) is 0 Å². The van der Waals surface area contributed by atoms with Crippen LogP contribution in [0, 0.1) is 0 Å². The first-order chi connectivity index (χ1) is 8.83. The van der Waals surface area contributed by atoms with E-state index in [1.807, 2.05) is 55.5 Å². The van der Waals surface area contributed by atoms with Gasteiger partial charge in [-0.15, -0.1) is 0 Å². The quantitative estimate of drug-likeness (QED) is 0.798.